The second-order valence-corrected chi connectivity index (χ2v) is 4.03. The van der Waals surface area contributed by atoms with Gasteiger partial charge in [-0.05, 0) is 18.2 Å². The highest BCUT2D eigenvalue weighted by atomic mass is 35.5. The summed E-state index contributed by atoms with van der Waals surface area (Å²) in [5, 5.41) is 12.1. The minimum absolute atomic E-state index is 0.293. The Morgan fingerprint density at radius 2 is 2.22 bits per heavy atom. The number of halogens is 2. The number of hydrogen-bond acceptors (Lipinski definition) is 3. The molecule has 5 heteroatoms. The van der Waals surface area contributed by atoms with Gasteiger partial charge in [0.2, 0.25) is 0 Å². The van der Waals surface area contributed by atoms with E-state index in [0.717, 1.165) is 0 Å². The molecule has 18 heavy (non-hydrogen) atoms. The molecule has 0 saturated carbocycles. The van der Waals surface area contributed by atoms with Gasteiger partial charge in [-0.1, -0.05) is 17.7 Å². The lowest BCUT2D eigenvalue weighted by molar-refractivity contribution is 0.612. The third-order valence-corrected chi connectivity index (χ3v) is 2.73. The van der Waals surface area contributed by atoms with Crippen LogP contribution in [0.25, 0.3) is 0 Å². The van der Waals surface area contributed by atoms with Crippen LogP contribution >= 0.6 is 11.6 Å². The first-order valence-electron chi connectivity index (χ1n) is 5.22. The number of rotatable bonds is 3. The molecule has 0 aliphatic heterocycles. The Bertz CT molecular complexity index is 607. The first-order valence-corrected chi connectivity index (χ1v) is 5.60. The van der Waals surface area contributed by atoms with Gasteiger partial charge in [0.15, 0.2) is 0 Å². The van der Waals surface area contributed by atoms with Gasteiger partial charge in [0.05, 0.1) is 22.3 Å². The van der Waals surface area contributed by atoms with Crippen LogP contribution in [0, 0.1) is 17.1 Å². The monoisotopic (exact) mass is 261 g/mol. The molecule has 0 aliphatic rings. The molecule has 0 amide bonds. The van der Waals surface area contributed by atoms with E-state index in [2.05, 4.69) is 10.3 Å². The Morgan fingerprint density at radius 1 is 1.39 bits per heavy atom. The average Bonchev–Trinajstić information content (AvgIpc) is 2.39. The molecule has 2 rings (SSSR count). The molecule has 0 fully saturated rings. The number of pyridine rings is 1. The Hall–Kier alpha value is -2.12. The molecule has 0 spiro atoms. The molecule has 2 aromatic rings. The Morgan fingerprint density at radius 3 is 2.89 bits per heavy atom. The highest BCUT2D eigenvalue weighted by Crippen LogP contribution is 2.20. The molecule has 0 unspecified atom stereocenters. The van der Waals surface area contributed by atoms with E-state index < -0.39 is 5.82 Å². The van der Waals surface area contributed by atoms with Crippen LogP contribution in [-0.4, -0.2) is 4.98 Å². The van der Waals surface area contributed by atoms with E-state index in [1.54, 1.807) is 24.4 Å². The number of nitrogens with zero attached hydrogens (tertiary/aromatic N) is 2. The molecule has 0 aliphatic carbocycles. The zero-order valence-electron chi connectivity index (χ0n) is 9.32. The van der Waals surface area contributed by atoms with Gasteiger partial charge in [-0.2, -0.15) is 5.26 Å². The van der Waals surface area contributed by atoms with Gasteiger partial charge in [-0.3, -0.25) is 4.98 Å². The zero-order chi connectivity index (χ0) is 13.0. The van der Waals surface area contributed by atoms with Crippen molar-refractivity contribution in [2.75, 3.05) is 5.32 Å². The molecule has 0 bridgehead atoms. The lowest BCUT2D eigenvalue weighted by atomic mass is 10.1. The fraction of sp³-hybridized carbons (Fsp3) is 0.0769. The zero-order valence-corrected chi connectivity index (χ0v) is 10.1. The van der Waals surface area contributed by atoms with Crippen molar-refractivity contribution in [1.82, 2.24) is 4.98 Å². The van der Waals surface area contributed by atoms with Crippen LogP contribution in [-0.2, 0) is 6.54 Å². The normalized spacial score (nSPS) is 9.83. The van der Waals surface area contributed by atoms with Gasteiger partial charge < -0.3 is 5.32 Å². The maximum Gasteiger partial charge on any atom is 0.129 e. The van der Waals surface area contributed by atoms with Crippen LogP contribution in [0.3, 0.4) is 0 Å². The molecule has 90 valence electrons. The van der Waals surface area contributed by atoms with Crippen molar-refractivity contribution in [1.29, 1.82) is 5.26 Å². The Balaban J connectivity index is 2.12. The molecule has 0 radical (unpaired) electrons. The summed E-state index contributed by atoms with van der Waals surface area (Å²) in [7, 11) is 0. The van der Waals surface area contributed by atoms with Crippen molar-refractivity contribution in [2.45, 2.75) is 6.54 Å². The Labute approximate surface area is 109 Å². The second kappa shape index (κ2) is 5.48. The minimum Gasteiger partial charge on any atom is -0.380 e. The highest BCUT2D eigenvalue weighted by molar-refractivity contribution is 6.33. The first-order chi connectivity index (χ1) is 8.70. The number of nitrogens with one attached hydrogen (secondary N) is 1. The fourth-order valence-electron chi connectivity index (χ4n) is 1.47. The quantitative estimate of drug-likeness (QED) is 0.922. The number of benzene rings is 1. The minimum atomic E-state index is -0.410. The van der Waals surface area contributed by atoms with Gasteiger partial charge in [-0.15, -0.1) is 0 Å². The third-order valence-electron chi connectivity index (χ3n) is 2.42. The van der Waals surface area contributed by atoms with E-state index in [0.29, 0.717) is 28.4 Å². The van der Waals surface area contributed by atoms with Crippen molar-refractivity contribution >= 4 is 17.3 Å². The fourth-order valence-corrected chi connectivity index (χ4v) is 1.66. The van der Waals surface area contributed by atoms with Crippen LogP contribution in [0.2, 0.25) is 5.02 Å². The molecule has 0 atom stereocenters. The first kappa shape index (κ1) is 12.3. The maximum absolute atomic E-state index is 13.6. The number of hydrogen-bond donors (Lipinski definition) is 1. The van der Waals surface area contributed by atoms with E-state index in [9.17, 15) is 4.39 Å². The van der Waals surface area contributed by atoms with E-state index in [1.165, 1.54) is 12.3 Å². The van der Waals surface area contributed by atoms with Gasteiger partial charge in [0, 0.05) is 24.5 Å². The number of anilines is 1. The van der Waals surface area contributed by atoms with E-state index in [-0.39, 0.29) is 0 Å². The largest absolute Gasteiger partial charge is 0.380 e. The number of nitriles is 1. The standard InChI is InChI=1S/C13H9ClFN3/c14-11-8-17-4-3-13(11)18-7-10-2-1-9(6-16)5-12(10)15/h1-5,8H,7H2,(H,17,18). The number of aromatic nitrogens is 1. The molecule has 1 aromatic heterocycles. The summed E-state index contributed by atoms with van der Waals surface area (Å²) in [5.74, 6) is -0.410. The van der Waals surface area contributed by atoms with Gasteiger partial charge in [0.25, 0.3) is 0 Å². The molecular weight excluding hydrogens is 253 g/mol. The van der Waals surface area contributed by atoms with E-state index in [4.69, 9.17) is 16.9 Å². The molecule has 0 saturated heterocycles. The third kappa shape index (κ3) is 2.76. The van der Waals surface area contributed by atoms with E-state index >= 15 is 0 Å². The summed E-state index contributed by atoms with van der Waals surface area (Å²) in [6.07, 6.45) is 3.11. The summed E-state index contributed by atoms with van der Waals surface area (Å²) in [5.41, 5.74) is 1.47. The molecule has 1 heterocycles. The van der Waals surface area contributed by atoms with Crippen molar-refractivity contribution in [3.63, 3.8) is 0 Å². The Kier molecular flexibility index (Phi) is 3.75. The second-order valence-electron chi connectivity index (χ2n) is 3.63. The van der Waals surface area contributed by atoms with Crippen LogP contribution < -0.4 is 5.32 Å². The van der Waals surface area contributed by atoms with Crippen LogP contribution in [0.5, 0.6) is 0 Å². The van der Waals surface area contributed by atoms with Crippen molar-refractivity contribution < 1.29 is 4.39 Å². The molecule has 3 nitrogen and oxygen atoms in total. The molecule has 1 N–H and O–H groups in total. The smallest absolute Gasteiger partial charge is 0.129 e. The maximum atomic E-state index is 13.6. The summed E-state index contributed by atoms with van der Waals surface area (Å²) >= 11 is 5.92. The molecular formula is C13H9ClFN3. The lowest BCUT2D eigenvalue weighted by Crippen LogP contribution is -2.02. The predicted molar refractivity (Wildman–Crippen MR) is 67.7 cm³/mol. The highest BCUT2D eigenvalue weighted by Gasteiger charge is 2.04. The predicted octanol–water partition coefficient (Wildman–Crippen LogP) is 3.36. The summed E-state index contributed by atoms with van der Waals surface area (Å²) < 4.78 is 13.6. The van der Waals surface area contributed by atoms with E-state index in [1.807, 2.05) is 6.07 Å². The average molecular weight is 262 g/mol. The molecule has 1 aromatic carbocycles. The topological polar surface area (TPSA) is 48.7 Å². The lowest BCUT2D eigenvalue weighted by Gasteiger charge is -2.08. The van der Waals surface area contributed by atoms with Crippen molar-refractivity contribution in [3.05, 3.63) is 58.6 Å². The SMILES string of the molecule is N#Cc1ccc(CNc2ccncc2Cl)c(F)c1. The van der Waals surface area contributed by atoms with Crippen molar-refractivity contribution in [3.8, 4) is 6.07 Å². The van der Waals surface area contributed by atoms with Crippen LogP contribution in [0.15, 0.2) is 36.7 Å². The van der Waals surface area contributed by atoms with Gasteiger partial charge in [0.1, 0.15) is 5.82 Å². The summed E-state index contributed by atoms with van der Waals surface area (Å²) in [6.45, 7) is 0.293. The van der Waals surface area contributed by atoms with Gasteiger partial charge >= 0.3 is 0 Å². The van der Waals surface area contributed by atoms with Crippen LogP contribution in [0.4, 0.5) is 10.1 Å². The summed E-state index contributed by atoms with van der Waals surface area (Å²) in [6, 6.07) is 7.97. The van der Waals surface area contributed by atoms with Gasteiger partial charge in [-0.25, -0.2) is 4.39 Å². The van der Waals surface area contributed by atoms with Crippen molar-refractivity contribution in [2.24, 2.45) is 0 Å². The summed E-state index contributed by atoms with van der Waals surface area (Å²) in [4.78, 5) is 3.86. The van der Waals surface area contributed by atoms with Crippen LogP contribution in [0.1, 0.15) is 11.1 Å².